The van der Waals surface area contributed by atoms with Gasteiger partial charge in [0.2, 0.25) is 0 Å². The van der Waals surface area contributed by atoms with Crippen molar-refractivity contribution in [2.45, 2.75) is 6.54 Å². The third-order valence-corrected chi connectivity index (χ3v) is 3.78. The third-order valence-electron chi connectivity index (χ3n) is 3.01. The van der Waals surface area contributed by atoms with Crippen molar-refractivity contribution >= 4 is 27.5 Å². The number of aromatic hydroxyl groups is 1. The van der Waals surface area contributed by atoms with Gasteiger partial charge in [-0.3, -0.25) is 4.79 Å². The van der Waals surface area contributed by atoms with Crippen LogP contribution in [0.1, 0.15) is 15.9 Å². The average molecular weight is 335 g/mol. The number of rotatable bonds is 3. The Labute approximate surface area is 126 Å². The largest absolute Gasteiger partial charge is 0.505 e. The lowest BCUT2D eigenvalue weighted by atomic mass is 10.1. The highest BCUT2D eigenvalue weighted by molar-refractivity contribution is 9.10. The zero-order chi connectivity index (χ0) is 14.7. The van der Waals surface area contributed by atoms with Gasteiger partial charge in [0.05, 0.1) is 11.3 Å². The number of para-hydroxylation sites is 1. The Hall–Kier alpha value is -2.01. The normalized spacial score (nSPS) is 10.3. The summed E-state index contributed by atoms with van der Waals surface area (Å²) in [5.74, 6) is -0.443. The maximum atomic E-state index is 12.3. The van der Waals surface area contributed by atoms with Gasteiger partial charge in [-0.05, 0) is 23.8 Å². The highest BCUT2D eigenvalue weighted by Crippen LogP contribution is 2.26. The van der Waals surface area contributed by atoms with E-state index in [2.05, 4.69) is 15.9 Å². The molecule has 3 N–H and O–H groups in total. The van der Waals surface area contributed by atoms with Gasteiger partial charge in [0.25, 0.3) is 5.91 Å². The van der Waals surface area contributed by atoms with Crippen LogP contribution in [0.15, 0.2) is 46.9 Å². The summed E-state index contributed by atoms with van der Waals surface area (Å²) in [6, 6.07) is 12.5. The zero-order valence-electron chi connectivity index (χ0n) is 11.0. The summed E-state index contributed by atoms with van der Waals surface area (Å²) in [7, 11) is 1.68. The fraction of sp³-hybridized carbons (Fsp3) is 0.133. The van der Waals surface area contributed by atoms with E-state index in [4.69, 9.17) is 5.73 Å². The third kappa shape index (κ3) is 2.93. The maximum absolute atomic E-state index is 12.3. The Kier molecular flexibility index (Phi) is 4.29. The molecule has 0 unspecified atom stereocenters. The van der Waals surface area contributed by atoms with Gasteiger partial charge in [-0.15, -0.1) is 0 Å². The second kappa shape index (κ2) is 5.96. The molecule has 0 heterocycles. The molecule has 2 rings (SSSR count). The Bertz CT molecular complexity index is 644. The first-order chi connectivity index (χ1) is 9.50. The van der Waals surface area contributed by atoms with Gasteiger partial charge >= 0.3 is 0 Å². The molecule has 2 aromatic rings. The van der Waals surface area contributed by atoms with Gasteiger partial charge in [0.15, 0.2) is 5.75 Å². The van der Waals surface area contributed by atoms with E-state index in [0.29, 0.717) is 6.54 Å². The van der Waals surface area contributed by atoms with E-state index in [1.807, 2.05) is 24.3 Å². The summed E-state index contributed by atoms with van der Waals surface area (Å²) in [6.45, 7) is 0.439. The lowest BCUT2D eigenvalue weighted by molar-refractivity contribution is 0.0782. The molecule has 0 saturated carbocycles. The minimum Gasteiger partial charge on any atom is -0.505 e. The molecule has 0 bridgehead atoms. The lowest BCUT2D eigenvalue weighted by Crippen LogP contribution is -2.26. The van der Waals surface area contributed by atoms with Crippen molar-refractivity contribution in [1.82, 2.24) is 4.90 Å². The van der Waals surface area contributed by atoms with E-state index in [1.54, 1.807) is 25.2 Å². The number of anilines is 1. The first-order valence-electron chi connectivity index (χ1n) is 6.07. The number of carbonyl (C=O) groups is 1. The number of nitrogens with zero attached hydrogens (tertiary/aromatic N) is 1. The number of halogens is 1. The molecular weight excluding hydrogens is 320 g/mol. The van der Waals surface area contributed by atoms with Crippen LogP contribution in [-0.4, -0.2) is 23.0 Å². The minimum atomic E-state index is -0.273. The molecule has 20 heavy (non-hydrogen) atoms. The van der Waals surface area contributed by atoms with Crippen LogP contribution in [-0.2, 0) is 6.54 Å². The van der Waals surface area contributed by atoms with Crippen molar-refractivity contribution < 1.29 is 9.90 Å². The van der Waals surface area contributed by atoms with Gasteiger partial charge in [-0.1, -0.05) is 40.2 Å². The van der Waals surface area contributed by atoms with Crippen LogP contribution in [0.5, 0.6) is 5.75 Å². The van der Waals surface area contributed by atoms with Crippen molar-refractivity contribution in [2.75, 3.05) is 12.8 Å². The predicted molar refractivity (Wildman–Crippen MR) is 82.5 cm³/mol. The topological polar surface area (TPSA) is 66.6 Å². The second-order valence-corrected chi connectivity index (χ2v) is 5.35. The maximum Gasteiger partial charge on any atom is 0.257 e. The first-order valence-corrected chi connectivity index (χ1v) is 6.86. The van der Waals surface area contributed by atoms with Gasteiger partial charge in [-0.25, -0.2) is 0 Å². The van der Waals surface area contributed by atoms with E-state index in [0.717, 1.165) is 10.0 Å². The molecule has 0 spiro atoms. The van der Waals surface area contributed by atoms with Crippen molar-refractivity contribution in [1.29, 1.82) is 0 Å². The van der Waals surface area contributed by atoms with Crippen molar-refractivity contribution in [3.63, 3.8) is 0 Å². The minimum absolute atomic E-state index is 0.170. The molecule has 0 saturated heterocycles. The Morgan fingerprint density at radius 2 is 1.95 bits per heavy atom. The molecule has 104 valence electrons. The number of hydrogen-bond acceptors (Lipinski definition) is 3. The highest BCUT2D eigenvalue weighted by atomic mass is 79.9. The molecule has 1 amide bonds. The van der Waals surface area contributed by atoms with Gasteiger partial charge in [0, 0.05) is 18.1 Å². The standard InChI is InChI=1S/C15H15BrN2O2/c1-18(9-10-5-2-3-7-12(10)16)15(20)11-6-4-8-13(17)14(11)19/h2-8,19H,9,17H2,1H3. The van der Waals surface area contributed by atoms with Crippen LogP contribution in [0.3, 0.4) is 0 Å². The number of carbonyl (C=O) groups excluding carboxylic acids is 1. The smallest absolute Gasteiger partial charge is 0.257 e. The molecule has 0 aliphatic heterocycles. The number of benzene rings is 2. The average Bonchev–Trinajstić information content (AvgIpc) is 2.43. The predicted octanol–water partition coefficient (Wildman–Crippen LogP) is 3.01. The lowest BCUT2D eigenvalue weighted by Gasteiger charge is -2.19. The first kappa shape index (κ1) is 14.4. The van der Waals surface area contributed by atoms with Crippen LogP contribution >= 0.6 is 15.9 Å². The highest BCUT2D eigenvalue weighted by Gasteiger charge is 2.17. The quantitative estimate of drug-likeness (QED) is 0.669. The van der Waals surface area contributed by atoms with Crippen LogP contribution in [0.25, 0.3) is 0 Å². The van der Waals surface area contributed by atoms with E-state index in [-0.39, 0.29) is 22.9 Å². The number of nitrogen functional groups attached to an aromatic ring is 1. The number of phenols is 1. The molecule has 0 atom stereocenters. The van der Waals surface area contributed by atoms with Crippen molar-refractivity contribution in [3.8, 4) is 5.75 Å². The Morgan fingerprint density at radius 3 is 2.65 bits per heavy atom. The number of phenolic OH excluding ortho intramolecular Hbond substituents is 1. The molecular formula is C15H15BrN2O2. The SMILES string of the molecule is CN(Cc1ccccc1Br)C(=O)c1cccc(N)c1O. The summed E-state index contributed by atoms with van der Waals surface area (Å²) >= 11 is 3.45. The molecule has 0 aromatic heterocycles. The molecule has 0 aliphatic rings. The molecule has 0 aliphatic carbocycles. The Balaban J connectivity index is 2.21. The van der Waals surface area contributed by atoms with Crippen molar-refractivity contribution in [3.05, 3.63) is 58.1 Å². The number of nitrogens with two attached hydrogens (primary N) is 1. The molecule has 0 fully saturated rings. The van der Waals surface area contributed by atoms with Gasteiger partial charge in [-0.2, -0.15) is 0 Å². The fourth-order valence-electron chi connectivity index (χ4n) is 1.89. The monoisotopic (exact) mass is 334 g/mol. The summed E-state index contributed by atoms with van der Waals surface area (Å²) < 4.78 is 0.941. The van der Waals surface area contributed by atoms with Crippen LogP contribution in [0, 0.1) is 0 Å². The van der Waals surface area contributed by atoms with E-state index in [1.165, 1.54) is 4.90 Å². The molecule has 5 heteroatoms. The van der Waals surface area contributed by atoms with E-state index < -0.39 is 0 Å². The van der Waals surface area contributed by atoms with Gasteiger partial charge in [0.1, 0.15) is 0 Å². The number of amides is 1. The van der Waals surface area contributed by atoms with Gasteiger partial charge < -0.3 is 15.7 Å². The van der Waals surface area contributed by atoms with Crippen LogP contribution in [0.2, 0.25) is 0 Å². The summed E-state index contributed by atoms with van der Waals surface area (Å²) in [5, 5.41) is 9.86. The summed E-state index contributed by atoms with van der Waals surface area (Å²) in [4.78, 5) is 13.9. The molecule has 4 nitrogen and oxygen atoms in total. The van der Waals surface area contributed by atoms with E-state index in [9.17, 15) is 9.90 Å². The van der Waals surface area contributed by atoms with Crippen LogP contribution in [0.4, 0.5) is 5.69 Å². The van der Waals surface area contributed by atoms with Crippen LogP contribution < -0.4 is 5.73 Å². The summed E-state index contributed by atoms with van der Waals surface area (Å²) in [6.07, 6.45) is 0. The molecule has 0 radical (unpaired) electrons. The summed E-state index contributed by atoms with van der Waals surface area (Å²) in [5.41, 5.74) is 7.01. The van der Waals surface area contributed by atoms with Crippen molar-refractivity contribution in [2.24, 2.45) is 0 Å². The number of hydrogen-bond donors (Lipinski definition) is 2. The molecule has 2 aromatic carbocycles. The Morgan fingerprint density at radius 1 is 1.25 bits per heavy atom. The zero-order valence-corrected chi connectivity index (χ0v) is 12.6. The second-order valence-electron chi connectivity index (χ2n) is 4.50. The fourth-order valence-corrected chi connectivity index (χ4v) is 2.30. The van der Waals surface area contributed by atoms with E-state index >= 15 is 0 Å².